The first-order valence-electron chi connectivity index (χ1n) is 12.3. The van der Waals surface area contributed by atoms with Gasteiger partial charge >= 0.3 is 5.97 Å². The first-order chi connectivity index (χ1) is 18.4. The average molecular weight is 514 g/mol. The van der Waals surface area contributed by atoms with Gasteiger partial charge in [0.05, 0.1) is 20.3 Å². The molecule has 0 heterocycles. The molecule has 1 atom stereocenters. The maximum atomic E-state index is 13.0. The molecule has 0 aliphatic carbocycles. The van der Waals surface area contributed by atoms with Gasteiger partial charge in [0.1, 0.15) is 11.5 Å². The van der Waals surface area contributed by atoms with Gasteiger partial charge in [-0.1, -0.05) is 68.4 Å². The van der Waals surface area contributed by atoms with E-state index in [4.69, 9.17) is 18.9 Å². The molecule has 4 rings (SSSR count). The molecule has 7 heteroatoms. The van der Waals surface area contributed by atoms with Crippen molar-refractivity contribution in [1.29, 1.82) is 0 Å². The Morgan fingerprint density at radius 3 is 2.18 bits per heavy atom. The monoisotopic (exact) mass is 513 g/mol. The second kappa shape index (κ2) is 12.1. The Kier molecular flexibility index (Phi) is 8.48. The number of ether oxygens (including phenoxy) is 4. The van der Waals surface area contributed by atoms with Crippen LogP contribution in [0.3, 0.4) is 0 Å². The molecule has 0 spiro atoms. The summed E-state index contributed by atoms with van der Waals surface area (Å²) < 4.78 is 22.4. The summed E-state index contributed by atoms with van der Waals surface area (Å²) in [4.78, 5) is 25.9. The number of carbonyl (C=O) groups excluding carboxylic acids is 2. The van der Waals surface area contributed by atoms with Crippen molar-refractivity contribution in [3.8, 4) is 23.0 Å². The molecule has 196 valence electrons. The van der Waals surface area contributed by atoms with Gasteiger partial charge in [0.25, 0.3) is 0 Å². The van der Waals surface area contributed by atoms with E-state index in [-0.39, 0.29) is 18.4 Å². The minimum Gasteiger partial charge on any atom is -0.493 e. The molecule has 0 aliphatic heterocycles. The van der Waals surface area contributed by atoms with Gasteiger partial charge in [-0.3, -0.25) is 4.79 Å². The van der Waals surface area contributed by atoms with E-state index in [2.05, 4.69) is 5.32 Å². The molecule has 0 saturated carbocycles. The Morgan fingerprint density at radius 2 is 1.47 bits per heavy atom. The van der Waals surface area contributed by atoms with E-state index in [0.29, 0.717) is 28.6 Å². The van der Waals surface area contributed by atoms with E-state index < -0.39 is 12.0 Å². The molecule has 0 aliphatic rings. The summed E-state index contributed by atoms with van der Waals surface area (Å²) in [6.07, 6.45) is 0. The molecule has 0 radical (unpaired) electrons. The first-order valence-corrected chi connectivity index (χ1v) is 12.3. The fourth-order valence-electron chi connectivity index (χ4n) is 4.14. The number of rotatable bonds is 10. The van der Waals surface area contributed by atoms with E-state index in [1.54, 1.807) is 38.5 Å². The van der Waals surface area contributed by atoms with Crippen LogP contribution in [0.2, 0.25) is 0 Å². The van der Waals surface area contributed by atoms with Crippen molar-refractivity contribution in [2.45, 2.75) is 19.9 Å². The highest BCUT2D eigenvalue weighted by Crippen LogP contribution is 2.39. The minimum absolute atomic E-state index is 0.151. The van der Waals surface area contributed by atoms with Gasteiger partial charge in [-0.2, -0.15) is 0 Å². The fraction of sp³-hybridized carbons (Fsp3) is 0.226. The summed E-state index contributed by atoms with van der Waals surface area (Å²) in [5, 5.41) is 4.92. The summed E-state index contributed by atoms with van der Waals surface area (Å²) in [6.45, 7) is 3.38. The summed E-state index contributed by atoms with van der Waals surface area (Å²) in [5.41, 5.74) is 1.39. The van der Waals surface area contributed by atoms with E-state index in [1.165, 1.54) is 0 Å². The molecular formula is C31H31NO6. The Bertz CT molecular complexity index is 1420. The third-order valence-electron chi connectivity index (χ3n) is 6.09. The molecule has 1 amide bonds. The van der Waals surface area contributed by atoms with Crippen molar-refractivity contribution in [1.82, 2.24) is 5.32 Å². The molecule has 38 heavy (non-hydrogen) atoms. The highest BCUT2D eigenvalue weighted by atomic mass is 16.6. The van der Waals surface area contributed by atoms with Crippen LogP contribution in [0.4, 0.5) is 0 Å². The summed E-state index contributed by atoms with van der Waals surface area (Å²) in [7, 11) is 3.12. The molecule has 0 saturated heterocycles. The first kappa shape index (κ1) is 26.5. The van der Waals surface area contributed by atoms with Crippen LogP contribution in [-0.4, -0.2) is 32.7 Å². The van der Waals surface area contributed by atoms with Crippen LogP contribution >= 0.6 is 0 Å². The second-order valence-corrected chi connectivity index (χ2v) is 8.99. The predicted molar refractivity (Wildman–Crippen MR) is 146 cm³/mol. The zero-order valence-electron chi connectivity index (χ0n) is 21.9. The number of nitrogens with one attached hydrogen (secondary N) is 1. The van der Waals surface area contributed by atoms with Crippen molar-refractivity contribution >= 4 is 22.6 Å². The number of fused-ring (bicyclic) bond motifs is 1. The Morgan fingerprint density at radius 1 is 0.789 bits per heavy atom. The van der Waals surface area contributed by atoms with Crippen molar-refractivity contribution in [3.05, 3.63) is 96.1 Å². The number of amides is 1. The third kappa shape index (κ3) is 6.06. The van der Waals surface area contributed by atoms with E-state index in [9.17, 15) is 9.59 Å². The minimum atomic E-state index is -0.645. The standard InChI is InChI=1S/C31H31NO6/c1-20(2)31(34)32-30(22-15-16-25(35-3)27(18-22)36-4)29-24-13-9-8-10-21(24)14-17-26(29)38-28(33)19-37-23-11-6-5-7-12-23/h5-18,20,30H,19H2,1-4H3,(H,32,34)/t30-/m0/s1. The van der Waals surface area contributed by atoms with E-state index in [0.717, 1.165) is 16.3 Å². The zero-order chi connectivity index (χ0) is 27.1. The smallest absolute Gasteiger partial charge is 0.349 e. The Labute approximate surface area is 222 Å². The Balaban J connectivity index is 1.79. The van der Waals surface area contributed by atoms with Crippen LogP contribution in [0.5, 0.6) is 23.0 Å². The summed E-state index contributed by atoms with van der Waals surface area (Å²) in [5.74, 6) is 0.994. The molecule has 4 aromatic carbocycles. The Hall–Kier alpha value is -4.52. The lowest BCUT2D eigenvalue weighted by Gasteiger charge is -2.25. The largest absolute Gasteiger partial charge is 0.493 e. The van der Waals surface area contributed by atoms with E-state index in [1.807, 2.05) is 74.5 Å². The number of para-hydroxylation sites is 1. The number of benzene rings is 4. The maximum absolute atomic E-state index is 13.0. The van der Waals surface area contributed by atoms with Crippen molar-refractivity contribution in [3.63, 3.8) is 0 Å². The van der Waals surface area contributed by atoms with Gasteiger partial charge in [0, 0.05) is 11.5 Å². The molecule has 4 aromatic rings. The molecule has 7 nitrogen and oxygen atoms in total. The van der Waals surface area contributed by atoms with Gasteiger partial charge < -0.3 is 24.3 Å². The van der Waals surface area contributed by atoms with Crippen molar-refractivity contribution in [2.75, 3.05) is 20.8 Å². The van der Waals surface area contributed by atoms with Gasteiger partial charge in [0.2, 0.25) is 5.91 Å². The molecule has 0 unspecified atom stereocenters. The molecule has 0 fully saturated rings. The topological polar surface area (TPSA) is 83.1 Å². The fourth-order valence-corrected chi connectivity index (χ4v) is 4.14. The lowest BCUT2D eigenvalue weighted by molar-refractivity contribution is -0.136. The second-order valence-electron chi connectivity index (χ2n) is 8.99. The number of methoxy groups -OCH3 is 2. The number of esters is 1. The molecule has 1 N–H and O–H groups in total. The van der Waals surface area contributed by atoms with Crippen LogP contribution < -0.4 is 24.3 Å². The van der Waals surface area contributed by atoms with Crippen LogP contribution in [0.15, 0.2) is 84.9 Å². The van der Waals surface area contributed by atoms with Gasteiger partial charge in [-0.25, -0.2) is 4.79 Å². The lowest BCUT2D eigenvalue weighted by Crippen LogP contribution is -2.33. The maximum Gasteiger partial charge on any atom is 0.349 e. The average Bonchev–Trinajstić information content (AvgIpc) is 2.95. The normalized spacial score (nSPS) is 11.6. The van der Waals surface area contributed by atoms with Crippen LogP contribution in [0, 0.1) is 5.92 Å². The molecular weight excluding hydrogens is 482 g/mol. The van der Waals surface area contributed by atoms with Gasteiger partial charge in [-0.15, -0.1) is 0 Å². The SMILES string of the molecule is COc1ccc([C@H](NC(=O)C(C)C)c2c(OC(=O)COc3ccccc3)ccc3ccccc23)cc1OC. The number of hydrogen-bond acceptors (Lipinski definition) is 6. The highest BCUT2D eigenvalue weighted by molar-refractivity contribution is 5.91. The van der Waals surface area contributed by atoms with Crippen LogP contribution in [0.1, 0.15) is 31.0 Å². The van der Waals surface area contributed by atoms with Crippen LogP contribution in [0.25, 0.3) is 10.8 Å². The molecule has 0 aromatic heterocycles. The highest BCUT2D eigenvalue weighted by Gasteiger charge is 2.26. The quantitative estimate of drug-likeness (QED) is 0.216. The summed E-state index contributed by atoms with van der Waals surface area (Å²) >= 11 is 0. The van der Waals surface area contributed by atoms with Gasteiger partial charge in [0.15, 0.2) is 18.1 Å². The number of hydrogen-bond donors (Lipinski definition) is 1. The lowest BCUT2D eigenvalue weighted by atomic mass is 9.92. The predicted octanol–water partition coefficient (Wildman–Crippen LogP) is 5.70. The molecule has 0 bridgehead atoms. The van der Waals surface area contributed by atoms with Crippen molar-refractivity contribution in [2.24, 2.45) is 5.92 Å². The summed E-state index contributed by atoms with van der Waals surface area (Å²) in [6, 6.07) is 25.3. The third-order valence-corrected chi connectivity index (χ3v) is 6.09. The zero-order valence-corrected chi connectivity index (χ0v) is 21.9. The van der Waals surface area contributed by atoms with Crippen molar-refractivity contribution < 1.29 is 28.5 Å². The van der Waals surface area contributed by atoms with Gasteiger partial charge in [-0.05, 0) is 46.7 Å². The number of carbonyl (C=O) groups is 2. The van der Waals surface area contributed by atoms with E-state index >= 15 is 0 Å². The van der Waals surface area contributed by atoms with Crippen LogP contribution in [-0.2, 0) is 9.59 Å².